The van der Waals surface area contributed by atoms with Crippen LogP contribution in [0, 0.1) is 31.6 Å². The fraction of sp³-hybridized carbons (Fsp3) is 0.409. The highest BCUT2D eigenvalue weighted by atomic mass is 32.1. The molecule has 4 aromatic carbocycles. The Bertz CT molecular complexity index is 3150. The monoisotopic (exact) mass is 1030 g/mol. The largest absolute Gasteiger partial charge is 0.369 e. The zero-order valence-corrected chi connectivity index (χ0v) is 47.5. The summed E-state index contributed by atoms with van der Waals surface area (Å²) in [4.78, 5) is 17.3. The van der Waals surface area contributed by atoms with Gasteiger partial charge in [-0.05, 0) is 134 Å². The number of hydrogen-bond donors (Lipinski definition) is 2. The van der Waals surface area contributed by atoms with E-state index in [1.165, 1.54) is 103 Å². The van der Waals surface area contributed by atoms with E-state index in [2.05, 4.69) is 159 Å². The van der Waals surface area contributed by atoms with Crippen molar-refractivity contribution in [2.24, 2.45) is 24.8 Å². The second-order valence-electron chi connectivity index (χ2n) is 21.8. The predicted molar refractivity (Wildman–Crippen MR) is 326 cm³/mol. The highest BCUT2D eigenvalue weighted by molar-refractivity contribution is 7.22. The molecule has 0 radical (unpaired) electrons. The van der Waals surface area contributed by atoms with Gasteiger partial charge in [-0.1, -0.05) is 146 Å². The van der Waals surface area contributed by atoms with Gasteiger partial charge in [0, 0.05) is 98.1 Å². The van der Waals surface area contributed by atoms with Crippen LogP contribution in [0.2, 0.25) is 0 Å². The Labute approximate surface area is 458 Å². The van der Waals surface area contributed by atoms with Gasteiger partial charge in [0.1, 0.15) is 5.82 Å². The van der Waals surface area contributed by atoms with Crippen molar-refractivity contribution in [1.29, 1.82) is 0 Å². The number of thiazole rings is 1. The van der Waals surface area contributed by atoms with Crippen molar-refractivity contribution in [3.05, 3.63) is 168 Å². The number of nitrogens with zero attached hydrogens (tertiary/aromatic N) is 7. The molecule has 398 valence electrons. The number of anilines is 3. The molecule has 3 unspecified atom stereocenters. The molecular weight excluding hydrogens is 951 g/mol. The van der Waals surface area contributed by atoms with E-state index in [9.17, 15) is 0 Å². The number of hydrogen-bond acceptors (Lipinski definition) is 9. The summed E-state index contributed by atoms with van der Waals surface area (Å²) in [6, 6.07) is 32.3. The van der Waals surface area contributed by atoms with Crippen LogP contribution in [0.15, 0.2) is 129 Å². The fourth-order valence-corrected chi connectivity index (χ4v) is 12.5. The number of fused-ring (bicyclic) bond motifs is 3. The Kier molecular flexibility index (Phi) is 17.6. The van der Waals surface area contributed by atoms with Crippen LogP contribution in [0.25, 0.3) is 44.0 Å². The van der Waals surface area contributed by atoms with Gasteiger partial charge in [0.05, 0.1) is 27.1 Å². The number of aryl methyl sites for hydroxylation is 2. The zero-order chi connectivity index (χ0) is 53.5. The van der Waals surface area contributed by atoms with Crippen molar-refractivity contribution in [2.45, 2.75) is 112 Å². The number of nitrogens with one attached hydrogen (secondary N) is 2. The van der Waals surface area contributed by atoms with Gasteiger partial charge in [-0.3, -0.25) is 9.58 Å². The van der Waals surface area contributed by atoms with Crippen LogP contribution in [0.1, 0.15) is 124 Å². The minimum Gasteiger partial charge on any atom is -0.369 e. The fourth-order valence-electron chi connectivity index (χ4n) is 11.6. The van der Waals surface area contributed by atoms with Crippen molar-refractivity contribution in [3.63, 3.8) is 0 Å². The first-order chi connectivity index (χ1) is 36.9. The number of piperidine rings is 1. The lowest BCUT2D eigenvalue weighted by atomic mass is 9.90. The molecule has 2 N–H and O–H groups in total. The lowest BCUT2D eigenvalue weighted by Crippen LogP contribution is -2.47. The zero-order valence-electron chi connectivity index (χ0n) is 46.7. The number of rotatable bonds is 10. The molecule has 7 aromatic rings. The van der Waals surface area contributed by atoms with E-state index in [-0.39, 0.29) is 5.92 Å². The summed E-state index contributed by atoms with van der Waals surface area (Å²) >= 11 is 1.65. The standard InChI is InChI=1S/C33H30N4S.C24H33N5.C7H14.C2H6/c1-5-29-27(25-12-8-10-21(2)22(25)3)16-17-32(35-29)37-19-18-24-11-9-13-26(28(24)20-37)23(4)34-33-36-30-14-6-7-15-31(30)38-33;1-16-13-19(16)15-28-9-11-29(12-10-28)20-6-8-22-23(14-20)27(4)26-24(22)21-7-5-17(2)25-18(21)3;1-7-5-3-2-4-6-7;1-2/h5-17H,1,4,18-20H2,2-3H3,(H,34,36);6,8,14,16,19,21,25H,2-3,5,7,9-13,15H2,1,4H3;7H,2-6H2,1H3;1-2H3. The maximum absolute atomic E-state index is 5.06. The second-order valence-corrected chi connectivity index (χ2v) is 22.8. The molecule has 10 heteroatoms. The Morgan fingerprint density at radius 1 is 0.816 bits per heavy atom. The summed E-state index contributed by atoms with van der Waals surface area (Å²) in [6.45, 7) is 37.4. The molecule has 2 saturated carbocycles. The third kappa shape index (κ3) is 12.5. The van der Waals surface area contributed by atoms with Crippen molar-refractivity contribution >= 4 is 60.9 Å². The Morgan fingerprint density at radius 3 is 2.29 bits per heavy atom. The third-order valence-corrected chi connectivity index (χ3v) is 17.5. The van der Waals surface area contributed by atoms with Gasteiger partial charge < -0.3 is 20.4 Å². The lowest BCUT2D eigenvalue weighted by molar-refractivity contribution is 0.244. The van der Waals surface area contributed by atoms with Gasteiger partial charge >= 0.3 is 0 Å². The van der Waals surface area contributed by atoms with Gasteiger partial charge in [0.25, 0.3) is 0 Å². The molecule has 0 spiro atoms. The maximum Gasteiger partial charge on any atom is 0.188 e. The summed E-state index contributed by atoms with van der Waals surface area (Å²) in [5.74, 6) is 4.16. The van der Waals surface area contributed by atoms with Gasteiger partial charge in [-0.2, -0.15) is 5.10 Å². The first-order valence-corrected chi connectivity index (χ1v) is 29.2. The number of piperazine rings is 1. The number of benzene rings is 4. The Hall–Kier alpha value is -6.49. The second kappa shape index (κ2) is 24.7. The summed E-state index contributed by atoms with van der Waals surface area (Å²) in [7, 11) is 2.06. The van der Waals surface area contributed by atoms with Crippen molar-refractivity contribution in [1.82, 2.24) is 30.0 Å². The van der Waals surface area contributed by atoms with Crippen molar-refractivity contribution in [3.8, 4) is 11.1 Å². The van der Waals surface area contributed by atoms with E-state index < -0.39 is 0 Å². The van der Waals surface area contributed by atoms with E-state index in [0.717, 1.165) is 124 Å². The van der Waals surface area contributed by atoms with Crippen LogP contribution >= 0.6 is 11.3 Å². The normalized spacial score (nSPS) is 19.5. The quantitative estimate of drug-likeness (QED) is 0.140. The number of allylic oxidation sites excluding steroid dienone is 2. The van der Waals surface area contributed by atoms with Crippen LogP contribution in [0.3, 0.4) is 0 Å². The summed E-state index contributed by atoms with van der Waals surface area (Å²) in [6.07, 6.45) is 13.7. The molecule has 3 atom stereocenters. The van der Waals surface area contributed by atoms with Crippen molar-refractivity contribution in [2.75, 3.05) is 54.4 Å². The average molecular weight is 1030 g/mol. The molecule has 12 rings (SSSR count). The van der Waals surface area contributed by atoms with E-state index in [1.54, 1.807) is 11.3 Å². The summed E-state index contributed by atoms with van der Waals surface area (Å²) in [5, 5.41) is 13.8. The molecular formula is C66H83N9S. The molecule has 76 heavy (non-hydrogen) atoms. The minimum atomic E-state index is 0.253. The Morgan fingerprint density at radius 2 is 1.58 bits per heavy atom. The summed E-state index contributed by atoms with van der Waals surface area (Å²) < 4.78 is 3.20. The highest BCUT2D eigenvalue weighted by Crippen LogP contribution is 2.40. The van der Waals surface area contributed by atoms with Crippen LogP contribution < -0.4 is 20.4 Å². The maximum atomic E-state index is 5.06. The number of aromatic nitrogens is 4. The van der Waals surface area contributed by atoms with E-state index in [4.69, 9.17) is 15.1 Å². The molecule has 0 amide bonds. The van der Waals surface area contributed by atoms with Crippen LogP contribution in [-0.2, 0) is 20.0 Å². The van der Waals surface area contributed by atoms with E-state index in [1.807, 2.05) is 42.8 Å². The highest BCUT2D eigenvalue weighted by Gasteiger charge is 2.35. The molecule has 5 aliphatic rings. The molecule has 2 aliphatic carbocycles. The van der Waals surface area contributed by atoms with Gasteiger partial charge in [0.2, 0.25) is 0 Å². The molecule has 6 heterocycles. The number of para-hydroxylation sites is 1. The topological polar surface area (TPSA) is 77.4 Å². The van der Waals surface area contributed by atoms with Crippen LogP contribution in [0.5, 0.6) is 0 Å². The van der Waals surface area contributed by atoms with Crippen molar-refractivity contribution < 1.29 is 0 Å². The molecule has 2 saturated heterocycles. The molecule has 0 bridgehead atoms. The Balaban J connectivity index is 0.000000164. The molecule has 9 nitrogen and oxygen atoms in total. The third-order valence-electron chi connectivity index (χ3n) is 16.6. The predicted octanol–water partition coefficient (Wildman–Crippen LogP) is 15.7. The smallest absolute Gasteiger partial charge is 0.188 e. The van der Waals surface area contributed by atoms with E-state index >= 15 is 0 Å². The van der Waals surface area contributed by atoms with E-state index in [0.29, 0.717) is 0 Å². The SMILES string of the molecule is C=C1CCC(c2nn(C)c3cc(N4CCN(CC5CC5C)CC4)ccc23)C(=C)N1.C=Cc1nc(N2CCc3cccc(C(=C)Nc4nc5ccccc5s4)c3C2)ccc1-c1cccc(C)c1C.CC.CC1CCCCC1. The number of pyridine rings is 1. The van der Waals surface area contributed by atoms with Crippen LogP contribution in [0.4, 0.5) is 16.6 Å². The molecule has 3 aromatic heterocycles. The average Bonchev–Trinajstić information content (AvgIpc) is 3.82. The van der Waals surface area contributed by atoms with Gasteiger partial charge in [-0.15, -0.1) is 0 Å². The minimum absolute atomic E-state index is 0.253. The van der Waals surface area contributed by atoms with Crippen LogP contribution in [-0.4, -0.2) is 63.9 Å². The van der Waals surface area contributed by atoms with Gasteiger partial charge in [0.15, 0.2) is 5.13 Å². The molecule has 4 fully saturated rings. The first kappa shape index (κ1) is 54.3. The lowest BCUT2D eigenvalue weighted by Gasteiger charge is -2.36. The molecule has 3 aliphatic heterocycles. The summed E-state index contributed by atoms with van der Waals surface area (Å²) in [5.41, 5.74) is 17.2. The van der Waals surface area contributed by atoms with Gasteiger partial charge in [-0.25, -0.2) is 9.97 Å². The first-order valence-electron chi connectivity index (χ1n) is 28.4.